The molecule has 7 rings (SSSR count). The first-order valence-corrected chi connectivity index (χ1v) is 13.3. The fourth-order valence-electron chi connectivity index (χ4n) is 3.90. The zero-order valence-electron chi connectivity index (χ0n) is 23.9. The second-order valence-electron chi connectivity index (χ2n) is 9.35. The van der Waals surface area contributed by atoms with Crippen molar-refractivity contribution in [3.05, 3.63) is 138 Å². The van der Waals surface area contributed by atoms with E-state index in [4.69, 9.17) is 0 Å². The molecule has 16 heteroatoms. The van der Waals surface area contributed by atoms with E-state index < -0.39 is 29.4 Å². The summed E-state index contributed by atoms with van der Waals surface area (Å²) in [6.45, 7) is 0. The van der Waals surface area contributed by atoms with E-state index in [2.05, 4.69) is 37.5 Å². The number of benzene rings is 4. The first kappa shape index (κ1) is 35.4. The molecule has 0 atom stereocenters. The van der Waals surface area contributed by atoms with E-state index in [1.165, 1.54) is 36.5 Å². The Hall–Kier alpha value is -5.47. The fourth-order valence-corrected chi connectivity index (χ4v) is 3.90. The van der Waals surface area contributed by atoms with E-state index in [-0.39, 0.29) is 37.2 Å². The molecular formula is C32H18F6IrN7O2. The predicted octanol–water partition coefficient (Wildman–Crippen LogP) is 5.92. The normalized spacial score (nSPS) is 11.1. The van der Waals surface area contributed by atoms with Crippen LogP contribution < -0.4 is 5.11 Å². The molecule has 0 bridgehead atoms. The van der Waals surface area contributed by atoms with Crippen molar-refractivity contribution < 1.29 is 56.3 Å². The van der Waals surface area contributed by atoms with Crippen LogP contribution in [0.1, 0.15) is 21.6 Å². The first-order chi connectivity index (χ1) is 22.4. The third-order valence-corrected chi connectivity index (χ3v) is 6.05. The number of aromatic nitrogens is 7. The molecule has 0 saturated heterocycles. The monoisotopic (exact) mass is 839 g/mol. The van der Waals surface area contributed by atoms with Crippen molar-refractivity contribution in [1.82, 2.24) is 35.0 Å². The Labute approximate surface area is 280 Å². The summed E-state index contributed by atoms with van der Waals surface area (Å²) in [4.78, 5) is 15.8. The number of halogens is 6. The van der Waals surface area contributed by atoms with Crippen LogP contribution in [0, 0.1) is 12.1 Å². The predicted molar refractivity (Wildman–Crippen MR) is 154 cm³/mol. The maximum Gasteiger partial charge on any atom is 3.00 e. The molecular weight excluding hydrogens is 821 g/mol. The van der Waals surface area contributed by atoms with Gasteiger partial charge in [-0.2, -0.15) is 80.6 Å². The average Bonchev–Trinajstić information content (AvgIpc) is 3.70. The molecule has 7 aromatic rings. The summed E-state index contributed by atoms with van der Waals surface area (Å²) in [5.41, 5.74) is 1.08. The maximum atomic E-state index is 12.6. The Balaban J connectivity index is 0.000000171. The van der Waals surface area contributed by atoms with Gasteiger partial charge in [-0.15, -0.1) is 24.3 Å². The van der Waals surface area contributed by atoms with Gasteiger partial charge in [-0.1, -0.05) is 41.5 Å². The fraction of sp³-hybridized carbons (Fsp3) is 0.0625. The summed E-state index contributed by atoms with van der Waals surface area (Å²) in [6, 6.07) is 30.8. The van der Waals surface area contributed by atoms with Crippen LogP contribution in [0.15, 0.2) is 109 Å². The maximum absolute atomic E-state index is 12.6. The molecule has 0 unspecified atom stereocenters. The molecule has 4 aromatic carbocycles. The smallest absolute Gasteiger partial charge is 0.543 e. The van der Waals surface area contributed by atoms with Crippen molar-refractivity contribution in [3.63, 3.8) is 0 Å². The van der Waals surface area contributed by atoms with Crippen molar-refractivity contribution in [2.45, 2.75) is 12.4 Å². The van der Waals surface area contributed by atoms with Gasteiger partial charge in [0.2, 0.25) is 0 Å². The third-order valence-electron chi connectivity index (χ3n) is 6.05. The minimum Gasteiger partial charge on any atom is -0.543 e. The number of hydrogen-bond donors (Lipinski definition) is 0. The Bertz CT molecular complexity index is 1940. The Morgan fingerprint density at radius 2 is 0.938 bits per heavy atom. The van der Waals surface area contributed by atoms with Crippen LogP contribution >= 0.6 is 0 Å². The molecule has 0 radical (unpaired) electrons. The molecule has 0 spiro atoms. The zero-order chi connectivity index (χ0) is 33.6. The molecule has 244 valence electrons. The number of aromatic carboxylic acids is 1. The molecule has 3 heterocycles. The van der Waals surface area contributed by atoms with Gasteiger partial charge in [-0.05, 0) is 47.8 Å². The summed E-state index contributed by atoms with van der Waals surface area (Å²) in [5.74, 6) is -1.24. The van der Waals surface area contributed by atoms with Gasteiger partial charge in [-0.3, -0.25) is 4.98 Å². The second-order valence-corrected chi connectivity index (χ2v) is 9.35. The number of carboxylic acids is 1. The van der Waals surface area contributed by atoms with E-state index in [0.29, 0.717) is 22.1 Å². The summed E-state index contributed by atoms with van der Waals surface area (Å²) < 4.78 is 75.6. The van der Waals surface area contributed by atoms with E-state index in [9.17, 15) is 36.2 Å². The van der Waals surface area contributed by atoms with Crippen molar-refractivity contribution >= 4 is 28.0 Å². The minimum atomic E-state index is -4.43. The van der Waals surface area contributed by atoms with Crippen LogP contribution in [0.4, 0.5) is 26.3 Å². The van der Waals surface area contributed by atoms with Gasteiger partial charge >= 0.3 is 32.5 Å². The van der Waals surface area contributed by atoms with Gasteiger partial charge in [-0.25, -0.2) is 0 Å². The van der Waals surface area contributed by atoms with Gasteiger partial charge in [0.1, 0.15) is 22.1 Å². The number of carboxylic acid groups (broad SMARTS) is 1. The Morgan fingerprint density at radius 1 is 0.562 bits per heavy atom. The topological polar surface area (TPSA) is 114 Å². The number of alkyl halides is 6. The van der Waals surface area contributed by atoms with Gasteiger partial charge in [0.15, 0.2) is 0 Å². The quantitative estimate of drug-likeness (QED) is 0.160. The van der Waals surface area contributed by atoms with E-state index in [1.54, 1.807) is 60.7 Å². The number of pyridine rings is 1. The van der Waals surface area contributed by atoms with Gasteiger partial charge in [0.25, 0.3) is 0 Å². The number of nitrogens with zero attached hydrogens (tertiary/aromatic N) is 7. The van der Waals surface area contributed by atoms with Crippen LogP contribution in [-0.4, -0.2) is 40.9 Å². The summed E-state index contributed by atoms with van der Waals surface area (Å²) in [6.07, 6.45) is -7.45. The number of rotatable bonds is 3. The molecule has 0 fully saturated rings. The first-order valence-electron chi connectivity index (χ1n) is 13.3. The molecule has 0 aliphatic heterocycles. The molecule has 0 aliphatic carbocycles. The molecule has 0 amide bonds. The van der Waals surface area contributed by atoms with E-state index in [1.807, 2.05) is 0 Å². The third kappa shape index (κ3) is 8.86. The zero-order valence-corrected chi connectivity index (χ0v) is 26.3. The molecule has 48 heavy (non-hydrogen) atoms. The van der Waals surface area contributed by atoms with E-state index >= 15 is 0 Å². The number of hydrogen-bond acceptors (Lipinski definition) is 7. The Kier molecular flexibility index (Phi) is 11.0. The van der Waals surface area contributed by atoms with Gasteiger partial charge in [0.05, 0.1) is 11.7 Å². The SMILES string of the molecule is FC(F)(F)c1[c-]c(-n2nc3ccccc3n2)ccc1.FC(F)(F)c1[c-]c(-n2nc3ccccc3n2)ccc1.O=C([O-])c1ccccn1.[Ir+3]. The summed E-state index contributed by atoms with van der Waals surface area (Å²) in [5, 5.41) is 26.5. The van der Waals surface area contributed by atoms with Gasteiger partial charge in [0, 0.05) is 6.20 Å². The molecule has 3 aromatic heterocycles. The Morgan fingerprint density at radius 3 is 1.23 bits per heavy atom. The molecule has 0 N–H and O–H groups in total. The van der Waals surface area contributed by atoms with Crippen LogP contribution in [0.3, 0.4) is 0 Å². The van der Waals surface area contributed by atoms with Crippen LogP contribution in [0.2, 0.25) is 0 Å². The van der Waals surface area contributed by atoms with Crippen molar-refractivity contribution in [2.75, 3.05) is 0 Å². The van der Waals surface area contributed by atoms with Gasteiger partial charge < -0.3 is 9.90 Å². The molecule has 9 nitrogen and oxygen atoms in total. The number of carbonyl (C=O) groups excluding carboxylic acids is 1. The molecule has 0 aliphatic rings. The molecule has 0 saturated carbocycles. The number of carbonyl (C=O) groups is 1. The standard InChI is InChI=1S/2C13H7F3N3.C6H5NO2.Ir/c2*14-13(15,16)9-4-3-5-10(8-9)19-17-11-6-1-2-7-12(11)18-19;8-6(9)5-3-1-2-4-7-5;/h2*1-7H;1-4H,(H,8,9);/q2*-1;;+3/p-1. The van der Waals surface area contributed by atoms with Crippen LogP contribution in [0.25, 0.3) is 33.4 Å². The second kappa shape index (κ2) is 15.0. The number of fused-ring (bicyclic) bond motifs is 2. The van der Waals surface area contributed by atoms with E-state index in [0.717, 1.165) is 21.7 Å². The minimum absolute atomic E-state index is 0. The van der Waals surface area contributed by atoms with Crippen LogP contribution in [0.5, 0.6) is 0 Å². The van der Waals surface area contributed by atoms with Crippen molar-refractivity contribution in [3.8, 4) is 11.4 Å². The average molecular weight is 839 g/mol. The largest absolute Gasteiger partial charge is 3.00 e. The van der Waals surface area contributed by atoms with Crippen molar-refractivity contribution in [2.24, 2.45) is 0 Å². The summed E-state index contributed by atoms with van der Waals surface area (Å²) in [7, 11) is 0. The van der Waals surface area contributed by atoms with Crippen molar-refractivity contribution in [1.29, 1.82) is 0 Å². The summed E-state index contributed by atoms with van der Waals surface area (Å²) >= 11 is 0. The van der Waals surface area contributed by atoms with Crippen LogP contribution in [-0.2, 0) is 32.5 Å².